The standard InChI is InChI=1S/C14H19BrN2O.ClH/c15-13-4-2-1-3-12(13)9-14(18)17-8-6-11-5-7-16-10-11;/h1-4,11,16H,5-10H2,(H,17,18);1H. The van der Waals surface area contributed by atoms with E-state index < -0.39 is 0 Å². The molecule has 0 spiro atoms. The first-order valence-corrected chi connectivity index (χ1v) is 7.26. The Balaban J connectivity index is 0.00000180. The van der Waals surface area contributed by atoms with Gasteiger partial charge in [-0.3, -0.25) is 4.79 Å². The number of hydrogen-bond donors (Lipinski definition) is 2. The molecule has 0 bridgehead atoms. The van der Waals surface area contributed by atoms with Crippen LogP contribution >= 0.6 is 28.3 Å². The highest BCUT2D eigenvalue weighted by molar-refractivity contribution is 9.10. The zero-order valence-corrected chi connectivity index (χ0v) is 13.2. The lowest BCUT2D eigenvalue weighted by Crippen LogP contribution is -2.27. The zero-order chi connectivity index (χ0) is 12.8. The molecule has 1 aromatic rings. The summed E-state index contributed by atoms with van der Waals surface area (Å²) < 4.78 is 1.00. The third kappa shape index (κ3) is 5.51. The second-order valence-corrected chi connectivity index (χ2v) is 5.62. The van der Waals surface area contributed by atoms with Crippen molar-refractivity contribution in [3.05, 3.63) is 34.3 Å². The number of benzene rings is 1. The van der Waals surface area contributed by atoms with Crippen molar-refractivity contribution in [1.82, 2.24) is 10.6 Å². The molecule has 1 saturated heterocycles. The van der Waals surface area contributed by atoms with Crippen molar-refractivity contribution in [2.24, 2.45) is 5.92 Å². The molecule has 19 heavy (non-hydrogen) atoms. The monoisotopic (exact) mass is 346 g/mol. The molecule has 1 aliphatic heterocycles. The normalized spacial score (nSPS) is 17.8. The van der Waals surface area contributed by atoms with E-state index in [0.29, 0.717) is 6.42 Å². The average molecular weight is 348 g/mol. The van der Waals surface area contributed by atoms with Gasteiger partial charge in [0.15, 0.2) is 0 Å². The lowest BCUT2D eigenvalue weighted by molar-refractivity contribution is -0.120. The Morgan fingerprint density at radius 2 is 2.21 bits per heavy atom. The maximum Gasteiger partial charge on any atom is 0.224 e. The van der Waals surface area contributed by atoms with Gasteiger partial charge in [-0.25, -0.2) is 0 Å². The van der Waals surface area contributed by atoms with E-state index in [2.05, 4.69) is 26.6 Å². The Kier molecular flexibility index (Phi) is 7.42. The van der Waals surface area contributed by atoms with Gasteiger partial charge in [0.05, 0.1) is 6.42 Å². The molecule has 1 fully saturated rings. The lowest BCUT2D eigenvalue weighted by atomic mass is 10.1. The van der Waals surface area contributed by atoms with Crippen LogP contribution in [0, 0.1) is 5.92 Å². The van der Waals surface area contributed by atoms with Crippen molar-refractivity contribution >= 4 is 34.2 Å². The molecular formula is C14H20BrClN2O. The van der Waals surface area contributed by atoms with Gasteiger partial charge in [-0.2, -0.15) is 0 Å². The molecule has 1 aromatic carbocycles. The van der Waals surface area contributed by atoms with Gasteiger partial charge < -0.3 is 10.6 Å². The first-order valence-electron chi connectivity index (χ1n) is 6.46. The van der Waals surface area contributed by atoms with E-state index in [9.17, 15) is 4.79 Å². The minimum Gasteiger partial charge on any atom is -0.356 e. The Morgan fingerprint density at radius 1 is 1.42 bits per heavy atom. The van der Waals surface area contributed by atoms with E-state index in [0.717, 1.165) is 42.0 Å². The first-order chi connectivity index (χ1) is 8.75. The van der Waals surface area contributed by atoms with Gasteiger partial charge in [0.2, 0.25) is 5.91 Å². The van der Waals surface area contributed by atoms with E-state index in [1.54, 1.807) is 0 Å². The molecular weight excluding hydrogens is 328 g/mol. The van der Waals surface area contributed by atoms with Gasteiger partial charge in [0.25, 0.3) is 0 Å². The van der Waals surface area contributed by atoms with Gasteiger partial charge in [-0.1, -0.05) is 34.1 Å². The molecule has 5 heteroatoms. The Hall–Kier alpha value is -0.580. The molecule has 1 unspecified atom stereocenters. The highest BCUT2D eigenvalue weighted by Crippen LogP contribution is 2.16. The molecule has 0 saturated carbocycles. The fourth-order valence-electron chi connectivity index (χ4n) is 2.25. The van der Waals surface area contributed by atoms with Gasteiger partial charge in [0, 0.05) is 11.0 Å². The third-order valence-corrected chi connectivity index (χ3v) is 4.12. The van der Waals surface area contributed by atoms with Gasteiger partial charge in [-0.05, 0) is 43.5 Å². The largest absolute Gasteiger partial charge is 0.356 e. The number of carbonyl (C=O) groups excluding carboxylic acids is 1. The van der Waals surface area contributed by atoms with E-state index in [-0.39, 0.29) is 18.3 Å². The second kappa shape index (κ2) is 8.56. The molecule has 0 aromatic heterocycles. The van der Waals surface area contributed by atoms with Crippen LogP contribution in [0.4, 0.5) is 0 Å². The molecule has 2 N–H and O–H groups in total. The molecule has 1 atom stereocenters. The SMILES string of the molecule is Cl.O=C(Cc1ccccc1Br)NCCC1CCNC1. The Morgan fingerprint density at radius 3 is 2.89 bits per heavy atom. The Labute approximate surface area is 129 Å². The minimum atomic E-state index is 0. The first kappa shape index (κ1) is 16.5. The number of nitrogens with one attached hydrogen (secondary N) is 2. The molecule has 2 rings (SSSR count). The fourth-order valence-corrected chi connectivity index (χ4v) is 2.68. The van der Waals surface area contributed by atoms with Crippen LogP contribution in [-0.2, 0) is 11.2 Å². The molecule has 3 nitrogen and oxygen atoms in total. The maximum atomic E-state index is 11.8. The second-order valence-electron chi connectivity index (χ2n) is 4.77. The summed E-state index contributed by atoms with van der Waals surface area (Å²) in [4.78, 5) is 11.8. The van der Waals surface area contributed by atoms with Crippen LogP contribution in [0.2, 0.25) is 0 Å². The van der Waals surface area contributed by atoms with Crippen LogP contribution in [0.25, 0.3) is 0 Å². The van der Waals surface area contributed by atoms with E-state index in [1.807, 2.05) is 24.3 Å². The topological polar surface area (TPSA) is 41.1 Å². The molecule has 1 heterocycles. The minimum absolute atomic E-state index is 0. The quantitative estimate of drug-likeness (QED) is 0.859. The van der Waals surface area contributed by atoms with Crippen LogP contribution in [-0.4, -0.2) is 25.5 Å². The number of halogens is 2. The smallest absolute Gasteiger partial charge is 0.224 e. The molecule has 0 radical (unpaired) electrons. The van der Waals surface area contributed by atoms with E-state index >= 15 is 0 Å². The summed E-state index contributed by atoms with van der Waals surface area (Å²) in [6.07, 6.45) is 2.76. The summed E-state index contributed by atoms with van der Waals surface area (Å²) in [7, 11) is 0. The summed E-state index contributed by atoms with van der Waals surface area (Å²) in [6.45, 7) is 3.01. The summed E-state index contributed by atoms with van der Waals surface area (Å²) in [5.74, 6) is 0.835. The summed E-state index contributed by atoms with van der Waals surface area (Å²) in [5, 5.41) is 6.34. The molecule has 1 amide bonds. The van der Waals surface area contributed by atoms with Crippen molar-refractivity contribution in [1.29, 1.82) is 0 Å². The number of rotatable bonds is 5. The van der Waals surface area contributed by atoms with Crippen LogP contribution in [0.3, 0.4) is 0 Å². The van der Waals surface area contributed by atoms with Crippen LogP contribution < -0.4 is 10.6 Å². The summed E-state index contributed by atoms with van der Waals surface area (Å²) >= 11 is 3.46. The number of amides is 1. The van der Waals surface area contributed by atoms with Crippen LogP contribution in [0.5, 0.6) is 0 Å². The zero-order valence-electron chi connectivity index (χ0n) is 10.8. The highest BCUT2D eigenvalue weighted by Gasteiger charge is 2.14. The van der Waals surface area contributed by atoms with Crippen molar-refractivity contribution in [2.75, 3.05) is 19.6 Å². The van der Waals surface area contributed by atoms with Crippen LogP contribution in [0.1, 0.15) is 18.4 Å². The summed E-state index contributed by atoms with van der Waals surface area (Å²) in [6, 6.07) is 7.85. The molecule has 106 valence electrons. The van der Waals surface area contributed by atoms with Gasteiger partial charge in [0.1, 0.15) is 0 Å². The van der Waals surface area contributed by atoms with Crippen molar-refractivity contribution in [3.63, 3.8) is 0 Å². The van der Waals surface area contributed by atoms with Crippen molar-refractivity contribution in [3.8, 4) is 0 Å². The third-order valence-electron chi connectivity index (χ3n) is 3.35. The number of carbonyl (C=O) groups is 1. The summed E-state index contributed by atoms with van der Waals surface area (Å²) in [5.41, 5.74) is 1.04. The van der Waals surface area contributed by atoms with Crippen molar-refractivity contribution in [2.45, 2.75) is 19.3 Å². The molecule has 0 aliphatic carbocycles. The van der Waals surface area contributed by atoms with E-state index in [1.165, 1.54) is 6.42 Å². The molecule has 1 aliphatic rings. The predicted octanol–water partition coefficient (Wildman–Crippen LogP) is 2.53. The predicted molar refractivity (Wildman–Crippen MR) is 83.7 cm³/mol. The number of hydrogen-bond acceptors (Lipinski definition) is 2. The maximum absolute atomic E-state index is 11.8. The van der Waals surface area contributed by atoms with Gasteiger partial charge in [-0.15, -0.1) is 12.4 Å². The Bertz CT molecular complexity index is 408. The highest BCUT2D eigenvalue weighted by atomic mass is 79.9. The van der Waals surface area contributed by atoms with Crippen molar-refractivity contribution < 1.29 is 4.79 Å². The van der Waals surface area contributed by atoms with Crippen LogP contribution in [0.15, 0.2) is 28.7 Å². The average Bonchev–Trinajstić information content (AvgIpc) is 2.85. The van der Waals surface area contributed by atoms with Gasteiger partial charge >= 0.3 is 0 Å². The fraction of sp³-hybridized carbons (Fsp3) is 0.500. The lowest BCUT2D eigenvalue weighted by Gasteiger charge is -2.10. The van der Waals surface area contributed by atoms with E-state index in [4.69, 9.17) is 0 Å².